The minimum absolute atomic E-state index is 0.00754. The predicted molar refractivity (Wildman–Crippen MR) is 83.5 cm³/mol. The molecule has 1 aliphatic carbocycles. The molecule has 132 valence electrons. The van der Waals surface area contributed by atoms with Crippen molar-refractivity contribution in [1.82, 2.24) is 10.6 Å². The second kappa shape index (κ2) is 7.33. The topological polar surface area (TPSA) is 108 Å². The van der Waals surface area contributed by atoms with Crippen LogP contribution in [-0.4, -0.2) is 53.9 Å². The molecule has 1 aliphatic rings. The molecule has 2 rings (SSSR count). The number of aliphatic hydroxyl groups is 2. The first-order chi connectivity index (χ1) is 11.3. The molecule has 1 unspecified atom stereocenters. The lowest BCUT2D eigenvalue weighted by Gasteiger charge is -2.16. The summed E-state index contributed by atoms with van der Waals surface area (Å²) in [5.74, 6) is -2.28. The van der Waals surface area contributed by atoms with Crippen molar-refractivity contribution >= 4 is 23.4 Å². The third-order valence-electron chi connectivity index (χ3n) is 3.65. The van der Waals surface area contributed by atoms with E-state index >= 15 is 0 Å². The number of benzene rings is 1. The molecule has 0 saturated heterocycles. The number of hydrogen-bond acceptors (Lipinski definition) is 5. The Morgan fingerprint density at radius 1 is 1.38 bits per heavy atom. The first-order valence-corrected chi connectivity index (χ1v) is 7.65. The SMILES string of the molecule is COc1ccc(Cl)c(F)c1C(=O)NCC(O)CNC(=O)C1(O)CC1. The summed E-state index contributed by atoms with van der Waals surface area (Å²) in [4.78, 5) is 23.6. The van der Waals surface area contributed by atoms with Gasteiger partial charge in [0.15, 0.2) is 5.82 Å². The van der Waals surface area contributed by atoms with Gasteiger partial charge in [-0.3, -0.25) is 9.59 Å². The van der Waals surface area contributed by atoms with Crippen molar-refractivity contribution in [2.24, 2.45) is 0 Å². The molecular weight excluding hydrogens is 343 g/mol. The Morgan fingerprint density at radius 2 is 2.00 bits per heavy atom. The maximum absolute atomic E-state index is 14.0. The van der Waals surface area contributed by atoms with Crippen molar-refractivity contribution < 1.29 is 28.9 Å². The lowest BCUT2D eigenvalue weighted by molar-refractivity contribution is -0.131. The zero-order valence-corrected chi connectivity index (χ0v) is 13.7. The fourth-order valence-corrected chi connectivity index (χ4v) is 2.16. The molecule has 0 radical (unpaired) electrons. The Hall–Kier alpha value is -1.90. The van der Waals surface area contributed by atoms with E-state index in [9.17, 15) is 24.2 Å². The Morgan fingerprint density at radius 3 is 2.58 bits per heavy atom. The van der Waals surface area contributed by atoms with Gasteiger partial charge in [0, 0.05) is 13.1 Å². The fourth-order valence-electron chi connectivity index (χ4n) is 2.01. The molecule has 0 aromatic heterocycles. The Balaban J connectivity index is 1.88. The van der Waals surface area contributed by atoms with Crippen molar-refractivity contribution in [3.63, 3.8) is 0 Å². The highest BCUT2D eigenvalue weighted by Gasteiger charge is 2.47. The summed E-state index contributed by atoms with van der Waals surface area (Å²) in [6.45, 7) is -0.386. The van der Waals surface area contributed by atoms with Crippen molar-refractivity contribution in [1.29, 1.82) is 0 Å². The lowest BCUT2D eigenvalue weighted by Crippen LogP contribution is -2.44. The molecule has 1 saturated carbocycles. The van der Waals surface area contributed by atoms with Gasteiger partial charge in [0.2, 0.25) is 0 Å². The maximum atomic E-state index is 14.0. The number of rotatable bonds is 7. The summed E-state index contributed by atoms with van der Waals surface area (Å²) in [6.07, 6.45) is -0.326. The third-order valence-corrected chi connectivity index (χ3v) is 3.94. The highest BCUT2D eigenvalue weighted by Crippen LogP contribution is 2.34. The van der Waals surface area contributed by atoms with Crippen LogP contribution in [-0.2, 0) is 4.79 Å². The average molecular weight is 361 g/mol. The van der Waals surface area contributed by atoms with Gasteiger partial charge in [0.05, 0.1) is 18.2 Å². The van der Waals surface area contributed by atoms with Crippen molar-refractivity contribution in [2.45, 2.75) is 24.5 Å². The van der Waals surface area contributed by atoms with Crippen molar-refractivity contribution in [3.05, 3.63) is 28.5 Å². The van der Waals surface area contributed by atoms with E-state index < -0.39 is 29.3 Å². The summed E-state index contributed by atoms with van der Waals surface area (Å²) < 4.78 is 18.9. The van der Waals surface area contributed by atoms with Gasteiger partial charge in [0.25, 0.3) is 11.8 Å². The van der Waals surface area contributed by atoms with Gasteiger partial charge >= 0.3 is 0 Å². The van der Waals surface area contributed by atoms with Crippen LogP contribution in [0.25, 0.3) is 0 Å². The molecule has 1 fully saturated rings. The van der Waals surface area contributed by atoms with E-state index in [-0.39, 0.29) is 29.4 Å². The zero-order valence-electron chi connectivity index (χ0n) is 12.9. The first kappa shape index (κ1) is 18.4. The van der Waals surface area contributed by atoms with Crippen molar-refractivity contribution in [3.8, 4) is 5.75 Å². The predicted octanol–water partition coefficient (Wildman–Crippen LogP) is 0.219. The van der Waals surface area contributed by atoms with E-state index in [1.165, 1.54) is 19.2 Å². The molecule has 0 heterocycles. The zero-order chi connectivity index (χ0) is 17.9. The van der Waals surface area contributed by atoms with Crippen LogP contribution in [0.1, 0.15) is 23.2 Å². The van der Waals surface area contributed by atoms with E-state index in [1.807, 2.05) is 0 Å². The molecule has 2 amide bonds. The number of carbonyl (C=O) groups excluding carboxylic acids is 2. The van der Waals surface area contributed by atoms with Gasteiger partial charge < -0.3 is 25.6 Å². The second-order valence-corrected chi connectivity index (χ2v) is 5.95. The molecule has 0 bridgehead atoms. The third kappa shape index (κ3) is 4.14. The second-order valence-electron chi connectivity index (χ2n) is 5.54. The van der Waals surface area contributed by atoms with Gasteiger partial charge in [-0.25, -0.2) is 4.39 Å². The van der Waals surface area contributed by atoms with E-state index in [1.54, 1.807) is 0 Å². The Kier molecular flexibility index (Phi) is 5.63. The molecule has 0 spiro atoms. The molecule has 0 aliphatic heterocycles. The van der Waals surface area contributed by atoms with Crippen molar-refractivity contribution in [2.75, 3.05) is 20.2 Å². The smallest absolute Gasteiger partial charge is 0.258 e. The quantitative estimate of drug-likeness (QED) is 0.556. The van der Waals surface area contributed by atoms with E-state index in [0.717, 1.165) is 0 Å². The average Bonchev–Trinajstić information content (AvgIpc) is 3.31. The minimum atomic E-state index is -1.33. The molecule has 24 heavy (non-hydrogen) atoms. The number of nitrogens with one attached hydrogen (secondary N) is 2. The lowest BCUT2D eigenvalue weighted by atomic mass is 10.1. The number of ether oxygens (including phenoxy) is 1. The van der Waals surface area contributed by atoms with Gasteiger partial charge in [-0.15, -0.1) is 0 Å². The molecule has 1 atom stereocenters. The maximum Gasteiger partial charge on any atom is 0.258 e. The standard InChI is InChI=1S/C15H18ClFN2O5/c1-24-10-3-2-9(16)12(17)11(10)13(21)18-6-8(20)7-19-14(22)15(23)4-5-15/h2-3,8,20,23H,4-7H2,1H3,(H,18,21)(H,19,22). The number of methoxy groups -OCH3 is 1. The largest absolute Gasteiger partial charge is 0.496 e. The highest BCUT2D eigenvalue weighted by molar-refractivity contribution is 6.31. The van der Waals surface area contributed by atoms with Crippen LogP contribution in [0.5, 0.6) is 5.75 Å². The first-order valence-electron chi connectivity index (χ1n) is 7.27. The summed E-state index contributed by atoms with van der Waals surface area (Å²) in [5.41, 5.74) is -1.70. The van der Waals surface area contributed by atoms with Crippen LogP contribution in [0.3, 0.4) is 0 Å². The molecule has 9 heteroatoms. The normalized spacial score (nSPS) is 16.2. The van der Waals surface area contributed by atoms with E-state index in [4.69, 9.17) is 16.3 Å². The van der Waals surface area contributed by atoms with E-state index in [2.05, 4.69) is 10.6 Å². The molecule has 4 N–H and O–H groups in total. The summed E-state index contributed by atoms with van der Waals surface area (Å²) >= 11 is 5.65. The molecule has 1 aromatic rings. The monoisotopic (exact) mass is 360 g/mol. The summed E-state index contributed by atoms with van der Waals surface area (Å²) in [6, 6.07) is 2.62. The number of carbonyl (C=O) groups is 2. The Bertz CT molecular complexity index is 651. The van der Waals surface area contributed by atoms with Gasteiger partial charge in [-0.1, -0.05) is 11.6 Å². The number of halogens is 2. The number of aliphatic hydroxyl groups excluding tert-OH is 1. The highest BCUT2D eigenvalue weighted by atomic mass is 35.5. The summed E-state index contributed by atoms with van der Waals surface area (Å²) in [7, 11) is 1.28. The van der Waals surface area contributed by atoms with Crippen LogP contribution in [0, 0.1) is 5.82 Å². The van der Waals surface area contributed by atoms with Crippen LogP contribution in [0.15, 0.2) is 12.1 Å². The van der Waals surface area contributed by atoms with Crippen LogP contribution in [0.4, 0.5) is 4.39 Å². The Labute approximate surface area is 142 Å². The summed E-state index contributed by atoms with van der Waals surface area (Å²) in [5, 5.41) is 23.8. The van der Waals surface area contributed by atoms with Gasteiger partial charge in [-0.05, 0) is 25.0 Å². The van der Waals surface area contributed by atoms with Gasteiger partial charge in [0.1, 0.15) is 16.9 Å². The van der Waals surface area contributed by atoms with Crippen LogP contribution >= 0.6 is 11.6 Å². The molecular formula is C15H18ClFN2O5. The van der Waals surface area contributed by atoms with Gasteiger partial charge in [-0.2, -0.15) is 0 Å². The molecule has 7 nitrogen and oxygen atoms in total. The van der Waals surface area contributed by atoms with E-state index in [0.29, 0.717) is 12.8 Å². The molecule has 1 aromatic carbocycles. The fraction of sp³-hybridized carbons (Fsp3) is 0.467. The number of hydrogen-bond donors (Lipinski definition) is 4. The minimum Gasteiger partial charge on any atom is -0.496 e. The number of amides is 2. The van der Waals surface area contributed by atoms with Crippen LogP contribution in [0.2, 0.25) is 5.02 Å². The van der Waals surface area contributed by atoms with Crippen LogP contribution < -0.4 is 15.4 Å².